The zero-order valence-electron chi connectivity index (χ0n) is 44.2. The summed E-state index contributed by atoms with van der Waals surface area (Å²) in [7, 11) is 0. The summed E-state index contributed by atoms with van der Waals surface area (Å²) in [6, 6.07) is 54.6. The second-order valence-corrected chi connectivity index (χ2v) is 15.6. The minimum absolute atomic E-state index is 0. The summed E-state index contributed by atoms with van der Waals surface area (Å²) in [5.74, 6) is -3.64. The second-order valence-electron chi connectivity index (χ2n) is 15.6. The van der Waals surface area contributed by atoms with Crippen LogP contribution >= 0.6 is 0 Å². The second kappa shape index (κ2) is 21.1. The molecule has 8 heteroatoms. The Balaban J connectivity index is 0.00000722. The van der Waals surface area contributed by atoms with Crippen LogP contribution < -0.4 is 0 Å². The zero-order valence-corrected chi connectivity index (χ0v) is 38.6. The zero-order chi connectivity index (χ0) is 53.6. The minimum atomic E-state index is -3.02. The van der Waals surface area contributed by atoms with Crippen molar-refractivity contribution in [2.75, 3.05) is 0 Å². The van der Waals surface area contributed by atoms with E-state index in [2.05, 4.69) is 28.2 Å². The van der Waals surface area contributed by atoms with Crippen LogP contribution in [0.3, 0.4) is 0 Å². The largest absolute Gasteiger partial charge is 3.00 e. The van der Waals surface area contributed by atoms with Crippen LogP contribution in [0.2, 0.25) is 0 Å². The summed E-state index contributed by atoms with van der Waals surface area (Å²) < 4.78 is 133. The summed E-state index contributed by atoms with van der Waals surface area (Å²) in [5, 5.41) is 0. The molecule has 0 aliphatic carbocycles. The maximum absolute atomic E-state index is 14.8. The Kier molecular flexibility index (Phi) is 11.4. The number of hydrogen-bond acceptors (Lipinski definition) is 3. The van der Waals surface area contributed by atoms with E-state index in [0.717, 1.165) is 58.4 Å². The number of halogens is 4. The smallest absolute Gasteiger partial charge is 0.304 e. The molecular weight excluding hydrogens is 1040 g/mol. The first kappa shape index (κ1) is 37.4. The molecule has 336 valence electrons. The molecule has 0 fully saturated rings. The SMILES string of the molecule is [2H]C([2H])(c1ccc(-c2[c-]cc(F)cc2F)nc1)C([2H])([2H])c1cc(-c2ccccc2-c2cnc(-c3[c-]cccc3)cc2-c2ccc(-c3ccccc3)cc2)cc(C([2H])([2H])C([2H])([2H])c2ccc(-c3[c-]cc(F)cc3F)nc2)c1.[Ir+3]. The van der Waals surface area contributed by atoms with E-state index in [-0.39, 0.29) is 70.4 Å². The third-order valence-electron chi connectivity index (χ3n) is 11.1. The summed E-state index contributed by atoms with van der Waals surface area (Å²) in [6.07, 6.45) is -8.14. The molecule has 10 aromatic rings. The average molecular weight is 1090 g/mol. The molecule has 0 N–H and O–H groups in total. The molecule has 7 aromatic carbocycles. The Bertz CT molecular complexity index is 3620. The van der Waals surface area contributed by atoms with Gasteiger partial charge in [0.05, 0.1) is 0 Å². The van der Waals surface area contributed by atoms with Gasteiger partial charge < -0.3 is 15.0 Å². The van der Waals surface area contributed by atoms with Crippen molar-refractivity contribution in [3.8, 4) is 78.3 Å². The first-order valence-corrected chi connectivity index (χ1v) is 21.4. The van der Waals surface area contributed by atoms with E-state index in [0.29, 0.717) is 34.5 Å². The summed E-state index contributed by atoms with van der Waals surface area (Å²) in [5.41, 5.74) is 5.09. The van der Waals surface area contributed by atoms with Crippen LogP contribution in [0.25, 0.3) is 78.3 Å². The van der Waals surface area contributed by atoms with Gasteiger partial charge in [0.1, 0.15) is 0 Å². The van der Waals surface area contributed by atoms with Gasteiger partial charge in [-0.25, -0.2) is 0 Å². The number of aromatic nitrogens is 3. The van der Waals surface area contributed by atoms with E-state index >= 15 is 0 Å². The molecule has 0 aliphatic rings. The van der Waals surface area contributed by atoms with Crippen LogP contribution in [0.4, 0.5) is 17.6 Å². The molecule has 3 nitrogen and oxygen atoms in total. The fourth-order valence-corrected chi connectivity index (χ4v) is 7.78. The van der Waals surface area contributed by atoms with Crippen LogP contribution in [0.5, 0.6) is 0 Å². The van der Waals surface area contributed by atoms with Crippen molar-refractivity contribution in [2.24, 2.45) is 0 Å². The fourth-order valence-electron chi connectivity index (χ4n) is 7.78. The molecule has 0 amide bonds. The normalized spacial score (nSPS) is 13.6. The van der Waals surface area contributed by atoms with E-state index < -0.39 is 48.8 Å². The van der Waals surface area contributed by atoms with Crippen molar-refractivity contribution in [1.82, 2.24) is 15.0 Å². The van der Waals surface area contributed by atoms with Gasteiger partial charge in [0, 0.05) is 58.4 Å². The van der Waals surface area contributed by atoms with Crippen molar-refractivity contribution < 1.29 is 48.6 Å². The predicted molar refractivity (Wildman–Crippen MR) is 262 cm³/mol. The first-order chi connectivity index (χ1) is 36.3. The standard InChI is InChI=1S/C61H40F4N3.Ir/c62-49-25-27-53(57(64)34-49)59-29-19-40(37-66-59)15-17-42-31-43(18-16-41-20-30-60(67-38-41)54-28-26-50(63)35-58(54)65)33-48(32-42)51-13-7-8-14-52(51)56-39-68-61(47-11-5-2-6-12-47)36-55(56)46-23-21-45(22-24-46)44-9-3-1-4-10-44;/h1-11,13-14,19-26,29-39H,15-18H2;/q-3;+3/i15D2,16D2,17D2,18D2;. The molecule has 0 radical (unpaired) electrons. The Morgan fingerprint density at radius 3 is 1.46 bits per heavy atom. The van der Waals surface area contributed by atoms with Crippen molar-refractivity contribution in [3.63, 3.8) is 0 Å². The van der Waals surface area contributed by atoms with Gasteiger partial charge in [0.15, 0.2) is 0 Å². The van der Waals surface area contributed by atoms with E-state index in [4.69, 9.17) is 4.98 Å². The van der Waals surface area contributed by atoms with Crippen molar-refractivity contribution in [1.29, 1.82) is 0 Å². The van der Waals surface area contributed by atoms with Crippen LogP contribution in [0, 0.1) is 41.5 Å². The van der Waals surface area contributed by atoms with Gasteiger partial charge in [-0.2, -0.15) is 0 Å². The Labute approximate surface area is 423 Å². The molecule has 0 spiro atoms. The predicted octanol–water partition coefficient (Wildman–Crippen LogP) is 15.1. The monoisotopic (exact) mass is 1090 g/mol. The quantitative estimate of drug-likeness (QED) is 0.0853. The number of rotatable bonds is 13. The van der Waals surface area contributed by atoms with Gasteiger partial charge in [-0.3, -0.25) is 17.6 Å². The molecule has 0 saturated carbocycles. The van der Waals surface area contributed by atoms with Crippen molar-refractivity contribution >= 4 is 0 Å². The summed E-state index contributed by atoms with van der Waals surface area (Å²) in [6.45, 7) is 0. The van der Waals surface area contributed by atoms with Gasteiger partial charge in [-0.15, -0.1) is 60.2 Å². The van der Waals surface area contributed by atoms with E-state index in [1.807, 2.05) is 84.9 Å². The number of benzene rings is 7. The molecule has 10 rings (SSSR count). The van der Waals surface area contributed by atoms with E-state index in [1.54, 1.807) is 30.5 Å². The number of aryl methyl sites for hydroxylation is 4. The summed E-state index contributed by atoms with van der Waals surface area (Å²) >= 11 is 0. The van der Waals surface area contributed by atoms with Gasteiger partial charge in [0.25, 0.3) is 0 Å². The third kappa shape index (κ3) is 10.7. The molecule has 3 heterocycles. The molecule has 0 atom stereocenters. The summed E-state index contributed by atoms with van der Waals surface area (Å²) in [4.78, 5) is 13.3. The van der Waals surface area contributed by atoms with Gasteiger partial charge >= 0.3 is 20.1 Å². The molecule has 0 bridgehead atoms. The van der Waals surface area contributed by atoms with Crippen LogP contribution in [-0.2, 0) is 45.6 Å². The van der Waals surface area contributed by atoms with Gasteiger partial charge in [0.2, 0.25) is 0 Å². The number of hydrogen-bond donors (Lipinski definition) is 0. The fraction of sp³-hybridized carbons (Fsp3) is 0.0656. The Morgan fingerprint density at radius 1 is 0.391 bits per heavy atom. The Hall–Kier alpha value is -7.64. The van der Waals surface area contributed by atoms with Crippen molar-refractivity contribution in [2.45, 2.75) is 25.5 Å². The maximum Gasteiger partial charge on any atom is 3.00 e. The van der Waals surface area contributed by atoms with E-state index in [9.17, 15) is 28.5 Å². The maximum atomic E-state index is 14.8. The molecule has 0 unspecified atom stereocenters. The average Bonchev–Trinajstić information content (AvgIpc) is 3.45. The molecule has 0 saturated heterocycles. The molecule has 69 heavy (non-hydrogen) atoms. The molecule has 3 aromatic heterocycles. The molecule has 0 aliphatic heterocycles. The first-order valence-electron chi connectivity index (χ1n) is 25.4. The minimum Gasteiger partial charge on any atom is -0.304 e. The third-order valence-corrected chi connectivity index (χ3v) is 11.1. The van der Waals surface area contributed by atoms with Crippen LogP contribution in [-0.4, -0.2) is 15.0 Å². The Morgan fingerprint density at radius 2 is 0.913 bits per heavy atom. The van der Waals surface area contributed by atoms with E-state index in [1.165, 1.54) is 36.4 Å². The molecular formula is C61H40F4IrN3. The van der Waals surface area contributed by atoms with Crippen molar-refractivity contribution in [3.05, 3.63) is 258 Å². The number of nitrogens with zero attached hydrogens (tertiary/aromatic N) is 3. The van der Waals surface area contributed by atoms with Gasteiger partial charge in [-0.05, 0) is 104 Å². The van der Waals surface area contributed by atoms with Crippen LogP contribution in [0.1, 0.15) is 33.2 Å². The topological polar surface area (TPSA) is 38.7 Å². The van der Waals surface area contributed by atoms with Crippen LogP contribution in [0.15, 0.2) is 195 Å². The van der Waals surface area contributed by atoms with Gasteiger partial charge in [-0.1, -0.05) is 151 Å². The number of pyridine rings is 3.